The summed E-state index contributed by atoms with van der Waals surface area (Å²) in [7, 11) is 0. The number of hydrogen-bond donors (Lipinski definition) is 3. The zero-order chi connectivity index (χ0) is 23.8. The third-order valence-corrected chi connectivity index (χ3v) is 6.02. The summed E-state index contributed by atoms with van der Waals surface area (Å²) in [4.78, 5) is 31.8. The van der Waals surface area contributed by atoms with Gasteiger partial charge in [0.2, 0.25) is 0 Å². The van der Waals surface area contributed by atoms with Crippen molar-refractivity contribution in [3.05, 3.63) is 89.1 Å². The zero-order valence-corrected chi connectivity index (χ0v) is 20.7. The molecule has 0 saturated heterocycles. The van der Waals surface area contributed by atoms with Crippen molar-refractivity contribution >= 4 is 51.7 Å². The number of anilines is 2. The zero-order valence-electron chi connectivity index (χ0n) is 18.6. The molecular weight excluding hydrogens is 529 g/mol. The van der Waals surface area contributed by atoms with Gasteiger partial charge in [0.25, 0.3) is 11.8 Å². The van der Waals surface area contributed by atoms with E-state index < -0.39 is 0 Å². The minimum Gasteiger partial charge on any atom is -0.357 e. The van der Waals surface area contributed by atoms with Crippen molar-refractivity contribution in [2.45, 2.75) is 18.3 Å². The van der Waals surface area contributed by atoms with Gasteiger partial charge in [0.1, 0.15) is 11.7 Å². The molecule has 0 aliphatic rings. The van der Waals surface area contributed by atoms with Crippen molar-refractivity contribution in [2.75, 3.05) is 23.7 Å². The average Bonchev–Trinajstić information content (AvgIpc) is 2.85. The first-order chi connectivity index (χ1) is 16.0. The van der Waals surface area contributed by atoms with Crippen molar-refractivity contribution in [2.24, 2.45) is 0 Å². The molecule has 3 rings (SSSR count). The SMILES string of the molecule is CCN(CC)C(=N)c1ccc(C(=O)Nc2ccccc2C(=O)Nc2ccc(CI)cn2)cc1. The Hall–Kier alpha value is -3.27. The summed E-state index contributed by atoms with van der Waals surface area (Å²) >= 11 is 2.25. The Morgan fingerprint density at radius 2 is 1.58 bits per heavy atom. The summed E-state index contributed by atoms with van der Waals surface area (Å²) in [6.07, 6.45) is 1.72. The quantitative estimate of drug-likeness (QED) is 0.154. The fourth-order valence-electron chi connectivity index (χ4n) is 3.25. The van der Waals surface area contributed by atoms with Crippen molar-refractivity contribution in [1.29, 1.82) is 5.41 Å². The number of pyridine rings is 1. The summed E-state index contributed by atoms with van der Waals surface area (Å²) in [6, 6.07) is 17.4. The van der Waals surface area contributed by atoms with Crippen LogP contribution in [0.25, 0.3) is 0 Å². The molecule has 8 heteroatoms. The Morgan fingerprint density at radius 3 is 2.18 bits per heavy atom. The van der Waals surface area contributed by atoms with Crippen LogP contribution in [0.1, 0.15) is 45.7 Å². The smallest absolute Gasteiger partial charge is 0.258 e. The number of nitrogens with zero attached hydrogens (tertiary/aromatic N) is 2. The van der Waals surface area contributed by atoms with E-state index in [9.17, 15) is 9.59 Å². The minimum atomic E-state index is -0.358. The molecule has 0 aliphatic carbocycles. The number of para-hydroxylation sites is 1. The van der Waals surface area contributed by atoms with E-state index in [1.807, 2.05) is 24.8 Å². The van der Waals surface area contributed by atoms with Crippen LogP contribution in [0.2, 0.25) is 0 Å². The third kappa shape index (κ3) is 6.16. The van der Waals surface area contributed by atoms with Crippen LogP contribution in [-0.4, -0.2) is 40.6 Å². The summed E-state index contributed by atoms with van der Waals surface area (Å²) in [5, 5.41) is 13.9. The first kappa shape index (κ1) is 24.4. The highest BCUT2D eigenvalue weighted by molar-refractivity contribution is 14.1. The number of hydrogen-bond acceptors (Lipinski definition) is 4. The molecule has 1 aromatic heterocycles. The van der Waals surface area contributed by atoms with Crippen LogP contribution in [0.4, 0.5) is 11.5 Å². The Labute approximate surface area is 207 Å². The maximum absolute atomic E-state index is 12.8. The molecule has 7 nitrogen and oxygen atoms in total. The predicted molar refractivity (Wildman–Crippen MR) is 141 cm³/mol. The fourth-order valence-corrected chi connectivity index (χ4v) is 3.70. The normalized spacial score (nSPS) is 10.4. The maximum Gasteiger partial charge on any atom is 0.258 e. The Bertz CT molecular complexity index is 1130. The molecule has 170 valence electrons. The van der Waals surface area contributed by atoms with Crippen LogP contribution in [0, 0.1) is 5.41 Å². The molecule has 3 aromatic rings. The van der Waals surface area contributed by atoms with Gasteiger partial charge in [-0.2, -0.15) is 0 Å². The second-order valence-electron chi connectivity index (χ2n) is 7.24. The van der Waals surface area contributed by atoms with Crippen LogP contribution >= 0.6 is 22.6 Å². The van der Waals surface area contributed by atoms with Crippen LogP contribution in [0.5, 0.6) is 0 Å². The van der Waals surface area contributed by atoms with Crippen LogP contribution in [0.15, 0.2) is 66.9 Å². The number of carbonyl (C=O) groups excluding carboxylic acids is 2. The van der Waals surface area contributed by atoms with Crippen molar-refractivity contribution in [3.63, 3.8) is 0 Å². The van der Waals surface area contributed by atoms with E-state index in [4.69, 9.17) is 5.41 Å². The van der Waals surface area contributed by atoms with Gasteiger partial charge in [-0.05, 0) is 49.7 Å². The molecule has 1 heterocycles. The highest BCUT2D eigenvalue weighted by Crippen LogP contribution is 2.19. The lowest BCUT2D eigenvalue weighted by molar-refractivity contribution is 0.102. The number of amides is 2. The van der Waals surface area contributed by atoms with Crippen molar-refractivity contribution in [3.8, 4) is 0 Å². The molecule has 33 heavy (non-hydrogen) atoms. The topological polar surface area (TPSA) is 98.2 Å². The fraction of sp³-hybridized carbons (Fsp3) is 0.200. The van der Waals surface area contributed by atoms with E-state index in [0.29, 0.717) is 28.5 Å². The first-order valence-electron chi connectivity index (χ1n) is 10.6. The lowest BCUT2D eigenvalue weighted by Crippen LogP contribution is -2.30. The number of aromatic nitrogens is 1. The molecule has 0 spiro atoms. The van der Waals surface area contributed by atoms with Crippen LogP contribution in [-0.2, 0) is 4.43 Å². The van der Waals surface area contributed by atoms with Gasteiger partial charge in [0.15, 0.2) is 0 Å². The summed E-state index contributed by atoms with van der Waals surface area (Å²) in [6.45, 7) is 5.50. The lowest BCUT2D eigenvalue weighted by Gasteiger charge is -2.21. The number of carbonyl (C=O) groups is 2. The van der Waals surface area contributed by atoms with E-state index in [1.165, 1.54) is 0 Å². The van der Waals surface area contributed by atoms with E-state index in [1.54, 1.807) is 60.8 Å². The molecule has 3 N–H and O–H groups in total. The maximum atomic E-state index is 12.8. The Balaban J connectivity index is 1.72. The van der Waals surface area contributed by atoms with Crippen LogP contribution < -0.4 is 10.6 Å². The largest absolute Gasteiger partial charge is 0.357 e. The van der Waals surface area contributed by atoms with Crippen LogP contribution in [0.3, 0.4) is 0 Å². The van der Waals surface area contributed by atoms with E-state index in [2.05, 4.69) is 38.2 Å². The molecule has 0 fully saturated rings. The van der Waals surface area contributed by atoms with Gasteiger partial charge >= 0.3 is 0 Å². The van der Waals surface area contributed by atoms with Gasteiger partial charge in [0, 0.05) is 34.8 Å². The molecule has 0 radical (unpaired) electrons. The Morgan fingerprint density at radius 1 is 0.909 bits per heavy atom. The molecular formula is C25H26IN5O2. The summed E-state index contributed by atoms with van der Waals surface area (Å²) in [5.41, 5.74) is 3.00. The first-order valence-corrected chi connectivity index (χ1v) is 12.2. The monoisotopic (exact) mass is 555 g/mol. The van der Waals surface area contributed by atoms with Gasteiger partial charge in [-0.3, -0.25) is 15.0 Å². The van der Waals surface area contributed by atoms with Gasteiger partial charge in [-0.15, -0.1) is 0 Å². The average molecular weight is 555 g/mol. The van der Waals surface area contributed by atoms with E-state index >= 15 is 0 Å². The minimum absolute atomic E-state index is 0.333. The molecule has 0 aliphatic heterocycles. The lowest BCUT2D eigenvalue weighted by atomic mass is 10.1. The standard InChI is InChI=1S/C25H26IN5O2/c1-3-31(4-2)23(27)18-10-12-19(13-11-18)24(32)29-21-8-6-5-7-20(21)25(33)30-22-14-9-17(15-26)16-28-22/h5-14,16,27H,3-4,15H2,1-2H3,(H,29,32)(H,28,30,33). The van der Waals surface area contributed by atoms with Gasteiger partial charge in [0.05, 0.1) is 11.3 Å². The van der Waals surface area contributed by atoms with Gasteiger partial charge < -0.3 is 15.5 Å². The van der Waals surface area contributed by atoms with Crippen molar-refractivity contribution < 1.29 is 9.59 Å². The van der Waals surface area contributed by atoms with E-state index in [-0.39, 0.29) is 11.8 Å². The molecule has 0 atom stereocenters. The predicted octanol–water partition coefficient (Wildman–Crippen LogP) is 5.19. The number of amidine groups is 1. The number of benzene rings is 2. The van der Waals surface area contributed by atoms with Gasteiger partial charge in [-0.25, -0.2) is 4.98 Å². The number of halogens is 1. The molecule has 2 amide bonds. The third-order valence-electron chi connectivity index (χ3n) is 5.14. The number of rotatable bonds is 8. The molecule has 0 bridgehead atoms. The summed E-state index contributed by atoms with van der Waals surface area (Å²) < 4.78 is 0.839. The second-order valence-corrected chi connectivity index (χ2v) is 8.00. The van der Waals surface area contributed by atoms with E-state index in [0.717, 1.165) is 28.6 Å². The van der Waals surface area contributed by atoms with Gasteiger partial charge in [-0.1, -0.05) is 52.9 Å². The number of alkyl halides is 1. The molecule has 0 saturated carbocycles. The number of nitrogens with one attached hydrogen (secondary N) is 3. The molecule has 2 aromatic carbocycles. The second kappa shape index (κ2) is 11.6. The van der Waals surface area contributed by atoms with Crippen molar-refractivity contribution in [1.82, 2.24) is 9.88 Å². The summed E-state index contributed by atoms with van der Waals surface area (Å²) in [5.74, 6) is 0.180. The highest BCUT2D eigenvalue weighted by Gasteiger charge is 2.15. The molecule has 0 unspecified atom stereocenters. The highest BCUT2D eigenvalue weighted by atomic mass is 127. The Kier molecular flexibility index (Phi) is 8.53.